The molecule has 0 aliphatic rings. The summed E-state index contributed by atoms with van der Waals surface area (Å²) in [6, 6.07) is 11.6. The minimum Gasteiger partial charge on any atom is -0.207 e. The zero-order chi connectivity index (χ0) is 14.5. The fraction of sp³-hybridized carbons (Fsp3) is 0.250. The Morgan fingerprint density at radius 3 is 2.30 bits per heavy atom. The van der Waals surface area contributed by atoms with Crippen LogP contribution in [0.1, 0.15) is 11.1 Å². The molecule has 106 valence electrons. The highest BCUT2D eigenvalue weighted by molar-refractivity contribution is 9.10. The number of rotatable bonds is 5. The fourth-order valence-electron chi connectivity index (χ4n) is 2.15. The van der Waals surface area contributed by atoms with Gasteiger partial charge in [0.15, 0.2) is 0 Å². The Balaban J connectivity index is 2.09. The van der Waals surface area contributed by atoms with Gasteiger partial charge < -0.3 is 0 Å². The maximum Gasteiger partial charge on any atom is 0.137 e. The average Bonchev–Trinajstić information content (AvgIpc) is 2.45. The summed E-state index contributed by atoms with van der Waals surface area (Å²) in [5.41, 5.74) is 2.04. The van der Waals surface area contributed by atoms with Crippen molar-refractivity contribution in [1.82, 2.24) is 0 Å². The second kappa shape index (κ2) is 7.32. The van der Waals surface area contributed by atoms with Gasteiger partial charge in [-0.25, -0.2) is 8.78 Å². The van der Waals surface area contributed by atoms with Crippen molar-refractivity contribution in [3.8, 4) is 0 Å². The predicted molar refractivity (Wildman–Crippen MR) is 85.2 cm³/mol. The van der Waals surface area contributed by atoms with Crippen molar-refractivity contribution in [2.24, 2.45) is 5.92 Å². The molecule has 2 aromatic carbocycles. The summed E-state index contributed by atoms with van der Waals surface area (Å²) in [5, 5.41) is 0.813. The van der Waals surface area contributed by atoms with Gasteiger partial charge in [-0.3, -0.25) is 0 Å². The first-order valence-corrected chi connectivity index (χ1v) is 8.25. The highest BCUT2D eigenvalue weighted by Crippen LogP contribution is 2.25. The van der Waals surface area contributed by atoms with E-state index in [4.69, 9.17) is 0 Å². The van der Waals surface area contributed by atoms with Crippen LogP contribution in [0.2, 0.25) is 0 Å². The Morgan fingerprint density at radius 2 is 1.65 bits per heavy atom. The molecule has 0 radical (unpaired) electrons. The number of alkyl halides is 1. The lowest BCUT2D eigenvalue weighted by Gasteiger charge is -2.15. The van der Waals surface area contributed by atoms with Gasteiger partial charge in [-0.1, -0.05) is 40.2 Å². The summed E-state index contributed by atoms with van der Waals surface area (Å²) in [6.45, 7) is 0. The molecule has 1 atom stereocenters. The molecular weight excluding hydrogens is 390 g/mol. The maximum atomic E-state index is 13.5. The molecule has 2 aromatic rings. The van der Waals surface area contributed by atoms with Gasteiger partial charge in [-0.15, -0.1) is 0 Å². The quantitative estimate of drug-likeness (QED) is 0.576. The largest absolute Gasteiger partial charge is 0.207 e. The summed E-state index contributed by atoms with van der Waals surface area (Å²) >= 11 is 6.80. The topological polar surface area (TPSA) is 0 Å². The van der Waals surface area contributed by atoms with Gasteiger partial charge >= 0.3 is 0 Å². The van der Waals surface area contributed by atoms with E-state index in [1.54, 1.807) is 18.2 Å². The first-order valence-electron chi connectivity index (χ1n) is 6.33. The van der Waals surface area contributed by atoms with Gasteiger partial charge in [0.1, 0.15) is 11.6 Å². The molecule has 0 fully saturated rings. The summed E-state index contributed by atoms with van der Waals surface area (Å²) in [4.78, 5) is 0. The monoisotopic (exact) mass is 402 g/mol. The molecule has 20 heavy (non-hydrogen) atoms. The standard InChI is InChI=1S/C16H14Br2F2/c17-10-12(8-11-4-6-14(19)7-5-11)9-13-2-1-3-15(20)16(13)18/h1-7,12H,8-10H2. The van der Waals surface area contributed by atoms with Crippen LogP contribution in [0.4, 0.5) is 8.78 Å². The van der Waals surface area contributed by atoms with Crippen LogP contribution in [0.5, 0.6) is 0 Å². The Hall–Kier alpha value is -0.740. The van der Waals surface area contributed by atoms with Gasteiger partial charge in [0.25, 0.3) is 0 Å². The van der Waals surface area contributed by atoms with Crippen molar-refractivity contribution in [1.29, 1.82) is 0 Å². The molecule has 0 saturated carbocycles. The van der Waals surface area contributed by atoms with E-state index in [1.165, 1.54) is 18.2 Å². The number of hydrogen-bond donors (Lipinski definition) is 0. The molecule has 0 nitrogen and oxygen atoms in total. The zero-order valence-corrected chi connectivity index (χ0v) is 13.9. The van der Waals surface area contributed by atoms with Gasteiger partial charge in [-0.2, -0.15) is 0 Å². The third-order valence-electron chi connectivity index (χ3n) is 3.20. The minimum absolute atomic E-state index is 0.225. The molecule has 0 aliphatic carbocycles. The molecule has 0 bridgehead atoms. The van der Waals surface area contributed by atoms with E-state index in [0.29, 0.717) is 10.4 Å². The highest BCUT2D eigenvalue weighted by Gasteiger charge is 2.13. The van der Waals surface area contributed by atoms with Crippen molar-refractivity contribution < 1.29 is 8.78 Å². The lowest BCUT2D eigenvalue weighted by Crippen LogP contribution is -2.10. The lowest BCUT2D eigenvalue weighted by atomic mass is 9.94. The van der Waals surface area contributed by atoms with Crippen LogP contribution in [-0.4, -0.2) is 5.33 Å². The fourth-order valence-corrected chi connectivity index (χ4v) is 3.04. The van der Waals surface area contributed by atoms with Crippen molar-refractivity contribution >= 4 is 31.9 Å². The van der Waals surface area contributed by atoms with Crippen LogP contribution in [0, 0.1) is 17.6 Å². The molecule has 0 heterocycles. The van der Waals surface area contributed by atoms with Crippen LogP contribution in [0.25, 0.3) is 0 Å². The lowest BCUT2D eigenvalue weighted by molar-refractivity contribution is 0.576. The molecule has 0 spiro atoms. The summed E-state index contributed by atoms with van der Waals surface area (Å²) in [6.07, 6.45) is 1.59. The third-order valence-corrected chi connectivity index (χ3v) is 5.00. The van der Waals surface area contributed by atoms with E-state index < -0.39 is 0 Å². The first kappa shape index (κ1) is 15.6. The minimum atomic E-state index is -0.238. The van der Waals surface area contributed by atoms with E-state index in [9.17, 15) is 8.78 Å². The van der Waals surface area contributed by atoms with Crippen molar-refractivity contribution in [2.45, 2.75) is 12.8 Å². The molecule has 0 amide bonds. The maximum absolute atomic E-state index is 13.5. The first-order chi connectivity index (χ1) is 9.60. The zero-order valence-electron chi connectivity index (χ0n) is 10.8. The van der Waals surface area contributed by atoms with E-state index >= 15 is 0 Å². The van der Waals surface area contributed by atoms with Crippen molar-refractivity contribution in [3.05, 3.63) is 69.7 Å². The molecule has 0 aromatic heterocycles. The van der Waals surface area contributed by atoms with Crippen LogP contribution in [-0.2, 0) is 12.8 Å². The van der Waals surface area contributed by atoms with Gasteiger partial charge in [0, 0.05) is 5.33 Å². The molecule has 0 N–H and O–H groups in total. The highest BCUT2D eigenvalue weighted by atomic mass is 79.9. The Morgan fingerprint density at radius 1 is 0.950 bits per heavy atom. The van der Waals surface area contributed by atoms with Gasteiger partial charge in [0.05, 0.1) is 4.47 Å². The Labute approximate surface area is 134 Å². The predicted octanol–water partition coefficient (Wildman–Crippen LogP) is 5.52. The molecule has 2 rings (SSSR count). The molecule has 4 heteroatoms. The van der Waals surface area contributed by atoms with Crippen molar-refractivity contribution in [3.63, 3.8) is 0 Å². The molecule has 0 saturated heterocycles. The van der Waals surface area contributed by atoms with E-state index in [2.05, 4.69) is 31.9 Å². The van der Waals surface area contributed by atoms with Crippen molar-refractivity contribution in [2.75, 3.05) is 5.33 Å². The molecule has 1 unspecified atom stereocenters. The SMILES string of the molecule is Fc1ccc(CC(CBr)Cc2cccc(F)c2Br)cc1. The van der Waals surface area contributed by atoms with Crippen LogP contribution in [0.3, 0.4) is 0 Å². The second-order valence-corrected chi connectivity index (χ2v) is 6.21. The smallest absolute Gasteiger partial charge is 0.137 e. The third kappa shape index (κ3) is 4.13. The summed E-state index contributed by atoms with van der Waals surface area (Å²) < 4.78 is 26.9. The van der Waals surface area contributed by atoms with Crippen LogP contribution >= 0.6 is 31.9 Å². The van der Waals surface area contributed by atoms with E-state index in [-0.39, 0.29) is 11.6 Å². The molecule has 0 aliphatic heterocycles. The molecular formula is C16H14Br2F2. The van der Waals surface area contributed by atoms with Gasteiger partial charge in [0.2, 0.25) is 0 Å². The van der Waals surface area contributed by atoms with Gasteiger partial charge in [-0.05, 0) is 64.0 Å². The Kier molecular flexibility index (Phi) is 5.73. The Bertz CT molecular complexity index is 567. The van der Waals surface area contributed by atoms with E-state index in [1.807, 2.05) is 6.07 Å². The van der Waals surface area contributed by atoms with E-state index in [0.717, 1.165) is 29.3 Å². The number of benzene rings is 2. The number of halogens is 4. The number of hydrogen-bond acceptors (Lipinski definition) is 0. The van der Waals surface area contributed by atoms with Crippen LogP contribution < -0.4 is 0 Å². The average molecular weight is 404 g/mol. The normalized spacial score (nSPS) is 12.4. The summed E-state index contributed by atoms with van der Waals surface area (Å²) in [5.74, 6) is -0.131. The van der Waals surface area contributed by atoms with Crippen LogP contribution in [0.15, 0.2) is 46.9 Å². The summed E-state index contributed by atoms with van der Waals surface area (Å²) in [7, 11) is 0. The second-order valence-electron chi connectivity index (χ2n) is 4.77.